The lowest BCUT2D eigenvalue weighted by Crippen LogP contribution is -2.36. The molecule has 0 saturated heterocycles. The van der Waals surface area contributed by atoms with Crippen molar-refractivity contribution in [2.75, 3.05) is 5.73 Å². The molecule has 0 aliphatic heterocycles. The van der Waals surface area contributed by atoms with Crippen LogP contribution in [0.2, 0.25) is 0 Å². The molecule has 8 heteroatoms. The van der Waals surface area contributed by atoms with Crippen molar-refractivity contribution in [3.63, 3.8) is 0 Å². The number of anilines is 1. The van der Waals surface area contributed by atoms with E-state index in [1.54, 1.807) is 18.6 Å². The molecular weight excluding hydrogens is 354 g/mol. The van der Waals surface area contributed by atoms with Gasteiger partial charge in [0.25, 0.3) is 5.89 Å². The summed E-state index contributed by atoms with van der Waals surface area (Å²) in [6, 6.07) is 8.40. The van der Waals surface area contributed by atoms with Crippen LogP contribution in [0.1, 0.15) is 36.5 Å². The van der Waals surface area contributed by atoms with Crippen molar-refractivity contribution in [1.82, 2.24) is 30.1 Å². The molecule has 1 aliphatic rings. The molecule has 3 N–H and O–H groups in total. The Morgan fingerprint density at radius 1 is 1.00 bits per heavy atom. The highest BCUT2D eigenvalue weighted by Gasteiger charge is 2.44. The van der Waals surface area contributed by atoms with Crippen LogP contribution in [0, 0.1) is 6.92 Å². The number of nitrogens with one attached hydrogen (secondary N) is 1. The van der Waals surface area contributed by atoms with Crippen LogP contribution in [0.3, 0.4) is 0 Å². The highest BCUT2D eigenvalue weighted by Crippen LogP contribution is 2.48. The average molecular weight is 373 g/mol. The summed E-state index contributed by atoms with van der Waals surface area (Å²) >= 11 is 0. The Kier molecular flexibility index (Phi) is 3.71. The Bertz CT molecular complexity index is 1110. The lowest BCUT2D eigenvalue weighted by atomic mass is 9.64. The van der Waals surface area contributed by atoms with Crippen molar-refractivity contribution in [1.29, 1.82) is 0 Å². The highest BCUT2D eigenvalue weighted by molar-refractivity contribution is 5.63. The van der Waals surface area contributed by atoms with Crippen LogP contribution in [0.4, 0.5) is 5.95 Å². The second-order valence-electron chi connectivity index (χ2n) is 7.15. The fourth-order valence-corrected chi connectivity index (χ4v) is 3.70. The summed E-state index contributed by atoms with van der Waals surface area (Å²) in [5.41, 5.74) is 9.27. The molecule has 1 fully saturated rings. The van der Waals surface area contributed by atoms with Gasteiger partial charge < -0.3 is 15.2 Å². The van der Waals surface area contributed by atoms with Crippen LogP contribution in [-0.2, 0) is 5.41 Å². The second kappa shape index (κ2) is 6.26. The average Bonchev–Trinajstić information content (AvgIpc) is 3.32. The number of hydrogen-bond acceptors (Lipinski definition) is 7. The van der Waals surface area contributed by atoms with Crippen LogP contribution in [0.5, 0.6) is 0 Å². The second-order valence-corrected chi connectivity index (χ2v) is 7.15. The van der Waals surface area contributed by atoms with Crippen molar-refractivity contribution in [3.05, 3.63) is 60.1 Å². The number of aryl methyl sites for hydroxylation is 1. The molecule has 140 valence electrons. The van der Waals surface area contributed by atoms with Gasteiger partial charge in [-0.3, -0.25) is 0 Å². The molecular formula is C20H19N7O. The molecule has 0 unspecified atom stereocenters. The van der Waals surface area contributed by atoms with E-state index in [0.29, 0.717) is 5.89 Å². The van der Waals surface area contributed by atoms with E-state index in [1.807, 2.05) is 6.92 Å². The predicted octanol–water partition coefficient (Wildman–Crippen LogP) is 3.28. The Balaban J connectivity index is 1.47. The molecule has 0 radical (unpaired) electrons. The first-order valence-corrected chi connectivity index (χ1v) is 9.19. The third-order valence-electron chi connectivity index (χ3n) is 5.44. The molecule has 1 saturated carbocycles. The van der Waals surface area contributed by atoms with Gasteiger partial charge in [0, 0.05) is 18.0 Å². The smallest absolute Gasteiger partial charge is 0.276 e. The highest BCUT2D eigenvalue weighted by atomic mass is 16.5. The molecule has 1 aromatic carbocycles. The minimum atomic E-state index is -0.201. The van der Waals surface area contributed by atoms with Gasteiger partial charge in [-0.2, -0.15) is 4.98 Å². The van der Waals surface area contributed by atoms with E-state index in [1.165, 1.54) is 5.56 Å². The molecule has 4 aromatic rings. The van der Waals surface area contributed by atoms with Crippen LogP contribution >= 0.6 is 0 Å². The first-order chi connectivity index (χ1) is 13.6. The molecule has 0 bridgehead atoms. The molecule has 0 amide bonds. The molecule has 3 aromatic heterocycles. The van der Waals surface area contributed by atoms with Gasteiger partial charge in [0.15, 0.2) is 5.82 Å². The Morgan fingerprint density at radius 2 is 1.75 bits per heavy atom. The summed E-state index contributed by atoms with van der Waals surface area (Å²) in [7, 11) is 0. The van der Waals surface area contributed by atoms with Gasteiger partial charge >= 0.3 is 0 Å². The first kappa shape index (κ1) is 16.6. The maximum atomic E-state index is 5.57. The number of nitrogen functional groups attached to an aromatic ring is 1. The number of nitrogens with zero attached hydrogens (tertiary/aromatic N) is 5. The minimum Gasteiger partial charge on any atom is -0.368 e. The van der Waals surface area contributed by atoms with Gasteiger partial charge in [-0.05, 0) is 30.9 Å². The number of aromatic amines is 1. The lowest BCUT2D eigenvalue weighted by molar-refractivity contribution is 0.273. The summed E-state index contributed by atoms with van der Waals surface area (Å²) in [5.74, 6) is 2.28. The van der Waals surface area contributed by atoms with Gasteiger partial charge in [0.2, 0.25) is 5.95 Å². The lowest BCUT2D eigenvalue weighted by Gasteiger charge is -2.39. The zero-order valence-electron chi connectivity index (χ0n) is 15.4. The van der Waals surface area contributed by atoms with Crippen molar-refractivity contribution in [2.24, 2.45) is 0 Å². The summed E-state index contributed by atoms with van der Waals surface area (Å²) in [5, 5.41) is 4.29. The zero-order valence-corrected chi connectivity index (χ0v) is 15.4. The van der Waals surface area contributed by atoms with Gasteiger partial charge in [0.05, 0.1) is 11.6 Å². The Hall–Kier alpha value is -3.55. The molecule has 1 aliphatic carbocycles. The number of nitrogens with two attached hydrogens (primary N) is 1. The summed E-state index contributed by atoms with van der Waals surface area (Å²) in [6.45, 7) is 1.89. The largest absolute Gasteiger partial charge is 0.368 e. The first-order valence-electron chi connectivity index (χ1n) is 9.19. The maximum absolute atomic E-state index is 5.57. The predicted molar refractivity (Wildman–Crippen MR) is 103 cm³/mol. The van der Waals surface area contributed by atoms with Crippen LogP contribution in [-0.4, -0.2) is 30.1 Å². The molecule has 0 atom stereocenters. The zero-order chi connectivity index (χ0) is 19.1. The van der Waals surface area contributed by atoms with E-state index in [9.17, 15) is 0 Å². The standard InChI is InChI=1S/C20H19N7O/c1-12-22-11-16(25-12)17-26-18(27-28-17)20(7-2-8-20)15-5-3-13(4-6-15)14-9-23-19(21)24-10-14/h3-6,9-11H,2,7-8H2,1H3,(H,22,25)(H2,21,23,24). The number of hydrogen-bond donors (Lipinski definition) is 2. The Labute approximate surface area is 161 Å². The van der Waals surface area contributed by atoms with E-state index in [2.05, 4.69) is 54.3 Å². The quantitative estimate of drug-likeness (QED) is 0.563. The summed E-state index contributed by atoms with van der Waals surface area (Å²) < 4.78 is 5.51. The van der Waals surface area contributed by atoms with E-state index < -0.39 is 0 Å². The fourth-order valence-electron chi connectivity index (χ4n) is 3.70. The monoisotopic (exact) mass is 373 g/mol. The summed E-state index contributed by atoms with van der Waals surface area (Å²) in [4.78, 5) is 20.1. The summed E-state index contributed by atoms with van der Waals surface area (Å²) in [6.07, 6.45) is 8.31. The third kappa shape index (κ3) is 2.65. The molecule has 3 heterocycles. The van der Waals surface area contributed by atoms with Crippen molar-refractivity contribution in [3.8, 4) is 22.7 Å². The van der Waals surface area contributed by atoms with Crippen LogP contribution in [0.15, 0.2) is 47.4 Å². The third-order valence-corrected chi connectivity index (χ3v) is 5.44. The number of imidazole rings is 1. The van der Waals surface area contributed by atoms with E-state index in [-0.39, 0.29) is 11.4 Å². The molecule has 0 spiro atoms. The van der Waals surface area contributed by atoms with E-state index >= 15 is 0 Å². The fraction of sp³-hybridized carbons (Fsp3) is 0.250. The van der Waals surface area contributed by atoms with Gasteiger partial charge in [-0.15, -0.1) is 0 Å². The maximum Gasteiger partial charge on any atom is 0.276 e. The molecule has 8 nitrogen and oxygen atoms in total. The Morgan fingerprint density at radius 3 is 2.36 bits per heavy atom. The number of aromatic nitrogens is 6. The van der Waals surface area contributed by atoms with Gasteiger partial charge in [-0.25, -0.2) is 15.0 Å². The van der Waals surface area contributed by atoms with Gasteiger partial charge in [-0.1, -0.05) is 35.8 Å². The topological polar surface area (TPSA) is 119 Å². The van der Waals surface area contributed by atoms with Crippen molar-refractivity contribution in [2.45, 2.75) is 31.6 Å². The van der Waals surface area contributed by atoms with Crippen molar-refractivity contribution >= 4 is 5.95 Å². The molecule has 5 rings (SSSR count). The van der Waals surface area contributed by atoms with Crippen molar-refractivity contribution < 1.29 is 4.52 Å². The number of rotatable bonds is 4. The number of benzene rings is 1. The van der Waals surface area contributed by atoms with Crippen LogP contribution in [0.25, 0.3) is 22.7 Å². The number of H-pyrrole nitrogens is 1. The SMILES string of the molecule is Cc1ncc(-c2nc(C3(c4ccc(-c5cnc(N)nc5)cc4)CCC3)no2)[nH]1. The normalized spacial score (nSPS) is 15.3. The minimum absolute atomic E-state index is 0.201. The van der Waals surface area contributed by atoms with Gasteiger partial charge in [0.1, 0.15) is 11.5 Å². The van der Waals surface area contributed by atoms with E-state index in [4.69, 9.17) is 10.3 Å². The van der Waals surface area contributed by atoms with Crippen LogP contribution < -0.4 is 5.73 Å². The van der Waals surface area contributed by atoms with E-state index in [0.717, 1.165) is 47.7 Å². The molecule has 28 heavy (non-hydrogen) atoms.